The van der Waals surface area contributed by atoms with Gasteiger partial charge in [-0.05, 0) is 153 Å². The van der Waals surface area contributed by atoms with E-state index in [1.807, 2.05) is 0 Å². The van der Waals surface area contributed by atoms with Crippen LogP contribution < -0.4 is 21.7 Å². The monoisotopic (exact) mass is 1040 g/mol. The van der Waals surface area contributed by atoms with Gasteiger partial charge in [0.05, 0.1) is 16.6 Å². The number of alkyl carbamates (subject to hydrolysis) is 1. The van der Waals surface area contributed by atoms with Crippen LogP contribution in [0, 0.1) is 40.4 Å². The molecule has 0 radical (unpaired) electrons. The number of carbonyl (C=O) groups is 3. The van der Waals surface area contributed by atoms with Gasteiger partial charge in [-0.1, -0.05) is 76.6 Å². The Kier molecular flexibility index (Phi) is 16.6. The van der Waals surface area contributed by atoms with E-state index >= 15 is 0 Å². The van der Waals surface area contributed by atoms with Crippen LogP contribution in [0.25, 0.3) is 33.4 Å². The zero-order chi connectivity index (χ0) is 53.2. The number of carboxylic acids is 1. The second-order valence-corrected chi connectivity index (χ2v) is 23.4. The minimum atomic E-state index is -5.22. The highest BCUT2D eigenvalue weighted by Gasteiger charge is 2.50. The summed E-state index contributed by atoms with van der Waals surface area (Å²) < 4.78 is 82.2. The fraction of sp³-hybridized carbons (Fsp3) is 0.455. The number of nitrogen functional groups attached to an aromatic ring is 1. The Labute approximate surface area is 427 Å². The first-order valence-electron chi connectivity index (χ1n) is 25.1. The fourth-order valence-electron chi connectivity index (χ4n) is 11.3. The lowest BCUT2D eigenvalue weighted by Gasteiger charge is -2.44. The first-order valence-corrected chi connectivity index (χ1v) is 28.0. The molecule has 2 amide bonds. The molecule has 0 saturated heterocycles. The molecule has 0 bridgehead atoms. The van der Waals surface area contributed by atoms with Crippen molar-refractivity contribution in [2.75, 3.05) is 18.8 Å². The average molecular weight is 1040 g/mol. The zero-order valence-electron chi connectivity index (χ0n) is 42.1. The molecule has 1 heterocycles. The van der Waals surface area contributed by atoms with Gasteiger partial charge in [0.2, 0.25) is 0 Å². The Morgan fingerprint density at radius 1 is 0.904 bits per heavy atom. The Bertz CT molecular complexity index is 3170. The van der Waals surface area contributed by atoms with Gasteiger partial charge in [-0.3, -0.25) is 19.3 Å². The van der Waals surface area contributed by atoms with Gasteiger partial charge in [-0.25, -0.2) is 9.59 Å². The van der Waals surface area contributed by atoms with E-state index in [-0.39, 0.29) is 45.7 Å². The number of benzene rings is 3. The van der Waals surface area contributed by atoms with Gasteiger partial charge < -0.3 is 30.6 Å². The smallest absolute Gasteiger partial charge is 0.407 e. The summed E-state index contributed by atoms with van der Waals surface area (Å²) in [5, 5.41) is 23.3. The maximum absolute atomic E-state index is 13.5. The number of unbranched alkanes of at least 4 members (excludes halogenated alkanes) is 2. The lowest BCUT2D eigenvalue weighted by molar-refractivity contribution is 0.0696. The van der Waals surface area contributed by atoms with Crippen molar-refractivity contribution in [1.82, 2.24) is 10.6 Å². The fourth-order valence-corrected chi connectivity index (χ4v) is 12.8. The molecule has 18 heteroatoms. The minimum Gasteiger partial charge on any atom is -0.478 e. The average Bonchev–Trinajstić information content (AvgIpc) is 3.68. The molecular formula is C55H68N4O12S2. The highest BCUT2D eigenvalue weighted by Crippen LogP contribution is 2.59. The summed E-state index contributed by atoms with van der Waals surface area (Å²) in [4.78, 5) is 37.1. The summed E-state index contributed by atoms with van der Waals surface area (Å²) in [6.45, 7) is 16.7. The van der Waals surface area contributed by atoms with Crippen molar-refractivity contribution in [3.05, 3.63) is 107 Å². The Balaban J connectivity index is 0.947. The van der Waals surface area contributed by atoms with Crippen LogP contribution >= 0.6 is 0 Å². The molecule has 7 rings (SSSR count). The summed E-state index contributed by atoms with van der Waals surface area (Å²) in [5.41, 5.74) is 7.82. The van der Waals surface area contributed by atoms with Crippen LogP contribution in [0.5, 0.6) is 0 Å². The predicted octanol–water partition coefficient (Wildman–Crippen LogP) is 10.7. The summed E-state index contributed by atoms with van der Waals surface area (Å²) in [6, 6.07) is 8.23. The van der Waals surface area contributed by atoms with Crippen molar-refractivity contribution in [3.63, 3.8) is 0 Å². The Morgan fingerprint density at radius 2 is 1.62 bits per heavy atom. The van der Waals surface area contributed by atoms with E-state index in [2.05, 4.69) is 76.1 Å². The first-order chi connectivity index (χ1) is 34.4. The molecule has 2 aromatic rings. The number of aromatic carboxylic acids is 1. The standard InChI is InChI=1S/C55H68N4O12S2/c1-31(2)32(3)12-13-34(5)43-22-23-44-35(11-10-26-55(43,44)6)15-16-36-29-38(18-14-33(36)4)70-54(63)59-28-9-7-8-27-58-52(60)37-17-19-39(53(61)62)42(30-37)47-40-20-24-45(56)50(72(64,65)66)48(40)71-49-41(47)21-25-46(57)51(49)73(67,68)69/h12-13,15-17,19-21,24-25,30-32,34,38,43-44,56H,4,7-11,14,18,22-23,26-29,57H2,1-3,5-6H3,(H,58,60)(H,59,63)(H,61,62)(H,64,65,66)(H,67,68,69)/b13-12+,35-15+,36-16-,56-45?/t32-,34+,38-,43+,44-,55+/m0/s1. The van der Waals surface area contributed by atoms with Crippen molar-refractivity contribution in [2.24, 2.45) is 35.0 Å². The Morgan fingerprint density at radius 3 is 2.30 bits per heavy atom. The molecule has 0 spiro atoms. The molecule has 3 saturated carbocycles. The van der Waals surface area contributed by atoms with Crippen LogP contribution in [0.3, 0.4) is 0 Å². The van der Waals surface area contributed by atoms with E-state index in [4.69, 9.17) is 20.3 Å². The van der Waals surface area contributed by atoms with Crippen LogP contribution in [0.4, 0.5) is 10.5 Å². The molecule has 16 nitrogen and oxygen atoms in total. The molecule has 392 valence electrons. The quantitative estimate of drug-likeness (QED) is 0.0171. The number of nitrogens with two attached hydrogens (primary N) is 1. The van der Waals surface area contributed by atoms with Crippen molar-refractivity contribution in [1.29, 1.82) is 5.41 Å². The summed E-state index contributed by atoms with van der Waals surface area (Å²) in [7, 11) is -10.4. The molecule has 0 unspecified atom stereocenters. The third-order valence-electron chi connectivity index (χ3n) is 15.6. The number of carboxylic acid groups (broad SMARTS) is 1. The van der Waals surface area contributed by atoms with Crippen LogP contribution in [0.15, 0.2) is 104 Å². The molecule has 73 heavy (non-hydrogen) atoms. The zero-order valence-corrected chi connectivity index (χ0v) is 43.8. The number of ether oxygens (including phenoxy) is 1. The highest BCUT2D eigenvalue weighted by atomic mass is 32.2. The number of carbonyl (C=O) groups excluding carboxylic acids is 2. The van der Waals surface area contributed by atoms with E-state index in [1.54, 1.807) is 0 Å². The number of anilines is 1. The summed E-state index contributed by atoms with van der Waals surface area (Å²) in [6.07, 6.45) is 18.5. The predicted molar refractivity (Wildman–Crippen MR) is 279 cm³/mol. The van der Waals surface area contributed by atoms with Gasteiger partial charge in [-0.2, -0.15) is 16.8 Å². The summed E-state index contributed by atoms with van der Waals surface area (Å²) >= 11 is 0. The number of nitrogens with one attached hydrogen (secondary N) is 3. The van der Waals surface area contributed by atoms with Gasteiger partial charge in [0.15, 0.2) is 21.1 Å². The van der Waals surface area contributed by atoms with Gasteiger partial charge in [0.25, 0.3) is 26.1 Å². The van der Waals surface area contributed by atoms with E-state index in [0.717, 1.165) is 42.2 Å². The third-order valence-corrected chi connectivity index (χ3v) is 17.4. The number of amides is 2. The number of rotatable bonds is 17. The topological polar surface area (TPSA) is 276 Å². The largest absolute Gasteiger partial charge is 0.478 e. The number of hydrogen-bond donors (Lipinski definition) is 7. The van der Waals surface area contributed by atoms with Gasteiger partial charge in [-0.15, -0.1) is 0 Å². The second-order valence-electron chi connectivity index (χ2n) is 20.7. The van der Waals surface area contributed by atoms with Gasteiger partial charge in [0.1, 0.15) is 6.10 Å². The van der Waals surface area contributed by atoms with Crippen molar-refractivity contribution >= 4 is 54.9 Å². The molecule has 0 aromatic heterocycles. The Hall–Kier alpha value is -6.08. The number of allylic oxidation sites excluding steroid dienone is 6. The summed E-state index contributed by atoms with van der Waals surface area (Å²) in [5.74, 6) is 0.182. The first kappa shape index (κ1) is 54.7. The van der Waals surface area contributed by atoms with Crippen LogP contribution in [-0.2, 0) is 25.0 Å². The van der Waals surface area contributed by atoms with E-state index in [1.165, 1.54) is 55.5 Å². The van der Waals surface area contributed by atoms with Gasteiger partial charge in [0, 0.05) is 41.6 Å². The molecule has 4 aliphatic carbocycles. The molecule has 5 aliphatic rings. The minimum absolute atomic E-state index is 0.0190. The normalized spacial score (nSPS) is 22.5. The van der Waals surface area contributed by atoms with E-state index in [0.29, 0.717) is 68.2 Å². The molecule has 1 aliphatic heterocycles. The SMILES string of the molecule is C=C1CC[C@H](OC(=O)NCCCCCNC(=O)c2ccc(C(=O)O)c(-c3c4ccc(=N)c(S(=O)(=O)O)c-4oc4c(S(=O)(=O)O)c(N)ccc34)c2)C/C1=C/C=C1\CCC[C@]2(C)[C@@H]([C@H](C)/C=C/[C@H](C)C(C)C)CC[C@@H]12. The molecule has 3 fully saturated rings. The molecule has 6 atom stereocenters. The second kappa shape index (κ2) is 22.2. The van der Waals surface area contributed by atoms with Crippen LogP contribution in [0.2, 0.25) is 0 Å². The lowest BCUT2D eigenvalue weighted by atomic mass is 9.61. The van der Waals surface area contributed by atoms with Crippen molar-refractivity contribution in [2.45, 2.75) is 121 Å². The molecular weight excluding hydrogens is 973 g/mol. The molecule has 8 N–H and O–H groups in total. The van der Waals surface area contributed by atoms with Crippen molar-refractivity contribution < 1.29 is 54.6 Å². The van der Waals surface area contributed by atoms with Crippen LogP contribution in [-0.4, -0.2) is 68.2 Å². The third kappa shape index (κ3) is 12.0. The van der Waals surface area contributed by atoms with Crippen LogP contribution in [0.1, 0.15) is 126 Å². The van der Waals surface area contributed by atoms with E-state index < -0.39 is 75.9 Å². The van der Waals surface area contributed by atoms with Crippen molar-refractivity contribution in [3.8, 4) is 22.5 Å². The lowest BCUT2D eigenvalue weighted by Crippen LogP contribution is -2.35. The number of hydrogen-bond acceptors (Lipinski definition) is 11. The maximum Gasteiger partial charge on any atom is 0.407 e. The highest BCUT2D eigenvalue weighted by molar-refractivity contribution is 7.86. The maximum atomic E-state index is 13.5. The van der Waals surface area contributed by atoms with Gasteiger partial charge >= 0.3 is 12.1 Å². The van der Waals surface area contributed by atoms with E-state index in [9.17, 15) is 45.4 Å². The number of fused-ring (bicyclic) bond motifs is 3. The molecule has 2 aromatic carbocycles.